The molecule has 0 unspecified atom stereocenters. The molecular formula is C16H16ClNO5. The van der Waals surface area contributed by atoms with Crippen molar-refractivity contribution in [1.82, 2.24) is 0 Å². The number of methoxy groups -OCH3 is 2. The average molecular weight is 338 g/mol. The molecular weight excluding hydrogens is 322 g/mol. The lowest BCUT2D eigenvalue weighted by Crippen LogP contribution is -2.44. The fraction of sp³-hybridized carbons (Fsp3) is 0.438. The highest BCUT2D eigenvalue weighted by molar-refractivity contribution is 6.30. The molecule has 1 aliphatic heterocycles. The van der Waals surface area contributed by atoms with Gasteiger partial charge in [0.1, 0.15) is 6.61 Å². The summed E-state index contributed by atoms with van der Waals surface area (Å²) in [6.45, 7) is 0.342. The van der Waals surface area contributed by atoms with E-state index in [4.69, 9.17) is 25.9 Å². The first-order chi connectivity index (χ1) is 11.0. The van der Waals surface area contributed by atoms with Gasteiger partial charge in [0.05, 0.1) is 25.8 Å². The van der Waals surface area contributed by atoms with Crippen molar-refractivity contribution in [3.05, 3.63) is 34.9 Å². The quantitative estimate of drug-likeness (QED) is 0.624. The fourth-order valence-electron chi connectivity index (χ4n) is 3.53. The molecule has 1 saturated carbocycles. The summed E-state index contributed by atoms with van der Waals surface area (Å²) in [5.41, 5.74) is -0.0370. The van der Waals surface area contributed by atoms with E-state index in [2.05, 4.69) is 5.16 Å². The van der Waals surface area contributed by atoms with E-state index < -0.39 is 23.3 Å². The van der Waals surface area contributed by atoms with E-state index in [9.17, 15) is 9.59 Å². The van der Waals surface area contributed by atoms with Crippen LogP contribution in [0.1, 0.15) is 17.9 Å². The molecule has 1 aromatic carbocycles. The molecule has 1 fully saturated rings. The van der Waals surface area contributed by atoms with E-state index in [0.717, 1.165) is 5.56 Å². The molecule has 7 heteroatoms. The predicted molar refractivity (Wildman–Crippen MR) is 82.2 cm³/mol. The van der Waals surface area contributed by atoms with Gasteiger partial charge in [-0.15, -0.1) is 0 Å². The molecule has 0 saturated heterocycles. The third-order valence-electron chi connectivity index (χ3n) is 4.52. The Labute approximate surface area is 138 Å². The normalized spacial score (nSPS) is 24.4. The number of hydrogen-bond acceptors (Lipinski definition) is 6. The maximum Gasteiger partial charge on any atom is 0.324 e. The number of rotatable bonds is 3. The first-order valence-corrected chi connectivity index (χ1v) is 7.54. The molecule has 3 rings (SSSR count). The molecule has 2 aliphatic rings. The number of oxime groups is 1. The van der Waals surface area contributed by atoms with Crippen molar-refractivity contribution in [3.63, 3.8) is 0 Å². The second-order valence-electron chi connectivity index (χ2n) is 5.65. The topological polar surface area (TPSA) is 74.2 Å². The first-order valence-electron chi connectivity index (χ1n) is 7.16. The van der Waals surface area contributed by atoms with Crippen LogP contribution in [0.15, 0.2) is 29.4 Å². The van der Waals surface area contributed by atoms with Crippen LogP contribution in [0.5, 0.6) is 0 Å². The Hall–Kier alpha value is -2.08. The minimum atomic E-state index is -1.45. The summed E-state index contributed by atoms with van der Waals surface area (Å²) >= 11 is 5.94. The van der Waals surface area contributed by atoms with Gasteiger partial charge in [0, 0.05) is 10.9 Å². The number of benzene rings is 1. The van der Waals surface area contributed by atoms with Crippen LogP contribution in [0.2, 0.25) is 5.02 Å². The molecule has 1 aliphatic carbocycles. The molecule has 0 N–H and O–H groups in total. The smallest absolute Gasteiger partial charge is 0.324 e. The molecule has 0 spiro atoms. The lowest BCUT2D eigenvalue weighted by Gasteiger charge is -2.30. The number of carbonyl (C=O) groups is 2. The lowest BCUT2D eigenvalue weighted by atomic mass is 9.73. The molecule has 6 nitrogen and oxygen atoms in total. The van der Waals surface area contributed by atoms with E-state index in [0.29, 0.717) is 17.3 Å². The second-order valence-corrected chi connectivity index (χ2v) is 6.09. The van der Waals surface area contributed by atoms with Gasteiger partial charge in [-0.3, -0.25) is 9.59 Å². The van der Waals surface area contributed by atoms with Gasteiger partial charge in [0.2, 0.25) is 0 Å². The van der Waals surface area contributed by atoms with Gasteiger partial charge in [-0.05, 0) is 24.1 Å². The molecule has 0 bridgehead atoms. The SMILES string of the molecule is COC(=O)C1(C(=O)OC)C[C@H]2CON=C2[C@@H]1c1ccc(Cl)cc1. The van der Waals surface area contributed by atoms with Crippen LogP contribution >= 0.6 is 11.6 Å². The third-order valence-corrected chi connectivity index (χ3v) is 4.78. The maximum absolute atomic E-state index is 12.6. The number of hydrogen-bond donors (Lipinski definition) is 0. The summed E-state index contributed by atoms with van der Waals surface area (Å²) < 4.78 is 9.88. The fourth-order valence-corrected chi connectivity index (χ4v) is 3.66. The molecule has 1 heterocycles. The molecule has 0 amide bonds. The zero-order valence-electron chi connectivity index (χ0n) is 12.7. The summed E-state index contributed by atoms with van der Waals surface area (Å²) in [5, 5.41) is 4.64. The van der Waals surface area contributed by atoms with Crippen molar-refractivity contribution in [2.45, 2.75) is 12.3 Å². The van der Waals surface area contributed by atoms with Crippen molar-refractivity contribution in [2.75, 3.05) is 20.8 Å². The largest absolute Gasteiger partial charge is 0.468 e. The van der Waals surface area contributed by atoms with Crippen molar-refractivity contribution in [3.8, 4) is 0 Å². The highest BCUT2D eigenvalue weighted by atomic mass is 35.5. The molecule has 0 aromatic heterocycles. The van der Waals surface area contributed by atoms with Crippen LogP contribution < -0.4 is 0 Å². The highest BCUT2D eigenvalue weighted by Gasteiger charge is 2.64. The van der Waals surface area contributed by atoms with Gasteiger partial charge in [-0.1, -0.05) is 28.9 Å². The Morgan fingerprint density at radius 2 is 1.83 bits per heavy atom. The van der Waals surface area contributed by atoms with Crippen molar-refractivity contribution >= 4 is 29.3 Å². The van der Waals surface area contributed by atoms with Crippen LogP contribution in [0.3, 0.4) is 0 Å². The predicted octanol–water partition coefficient (Wildman–Crippen LogP) is 2.16. The van der Waals surface area contributed by atoms with Gasteiger partial charge in [0.25, 0.3) is 0 Å². The van der Waals surface area contributed by atoms with Crippen LogP contribution in [0.4, 0.5) is 0 Å². The van der Waals surface area contributed by atoms with Gasteiger partial charge in [-0.2, -0.15) is 0 Å². The summed E-state index contributed by atoms with van der Waals surface area (Å²) in [5.74, 6) is -1.95. The zero-order chi connectivity index (χ0) is 16.6. The van der Waals surface area contributed by atoms with Crippen LogP contribution in [0.25, 0.3) is 0 Å². The van der Waals surface area contributed by atoms with Gasteiger partial charge >= 0.3 is 11.9 Å². The van der Waals surface area contributed by atoms with Crippen LogP contribution in [0, 0.1) is 11.3 Å². The van der Waals surface area contributed by atoms with E-state index in [1.54, 1.807) is 24.3 Å². The number of carbonyl (C=O) groups excluding carboxylic acids is 2. The van der Waals surface area contributed by atoms with E-state index in [-0.39, 0.29) is 12.3 Å². The van der Waals surface area contributed by atoms with E-state index in [1.807, 2.05) is 0 Å². The summed E-state index contributed by atoms with van der Waals surface area (Å²) in [6, 6.07) is 6.97. The average Bonchev–Trinajstić information content (AvgIpc) is 3.13. The Balaban J connectivity index is 2.17. The number of fused-ring (bicyclic) bond motifs is 1. The van der Waals surface area contributed by atoms with Crippen LogP contribution in [-0.2, 0) is 23.9 Å². The zero-order valence-corrected chi connectivity index (χ0v) is 13.5. The molecule has 1 aromatic rings. The third kappa shape index (κ3) is 2.28. The Morgan fingerprint density at radius 3 is 2.39 bits per heavy atom. The van der Waals surface area contributed by atoms with Crippen molar-refractivity contribution in [2.24, 2.45) is 16.5 Å². The number of halogens is 1. The summed E-state index contributed by atoms with van der Waals surface area (Å²) in [7, 11) is 2.52. The minimum absolute atomic E-state index is 0.117. The van der Waals surface area contributed by atoms with E-state index in [1.165, 1.54) is 14.2 Å². The lowest BCUT2D eigenvalue weighted by molar-refractivity contribution is -0.170. The second kappa shape index (κ2) is 5.85. The van der Waals surface area contributed by atoms with E-state index >= 15 is 0 Å². The molecule has 122 valence electrons. The summed E-state index contributed by atoms with van der Waals surface area (Å²) in [6.07, 6.45) is 0.248. The number of nitrogens with zero attached hydrogens (tertiary/aromatic N) is 1. The first kappa shape index (κ1) is 15.8. The molecule has 2 atom stereocenters. The number of ether oxygens (including phenoxy) is 2. The highest BCUT2D eigenvalue weighted by Crippen LogP contribution is 2.53. The summed E-state index contributed by atoms with van der Waals surface area (Å²) in [4.78, 5) is 30.3. The minimum Gasteiger partial charge on any atom is -0.468 e. The monoisotopic (exact) mass is 337 g/mol. The molecule has 23 heavy (non-hydrogen) atoms. The van der Waals surface area contributed by atoms with Gasteiger partial charge in [0.15, 0.2) is 5.41 Å². The molecule has 0 radical (unpaired) electrons. The Kier molecular flexibility index (Phi) is 4.02. The standard InChI is InChI=1S/C16H16ClNO5/c1-21-14(19)16(15(20)22-2)7-10-8-23-18-13(10)12(16)9-3-5-11(17)6-4-9/h3-6,10,12H,7-8H2,1-2H3/t10-,12-/m0/s1. The number of esters is 2. The van der Waals surface area contributed by atoms with Crippen molar-refractivity contribution in [1.29, 1.82) is 0 Å². The van der Waals surface area contributed by atoms with Crippen LogP contribution in [-0.4, -0.2) is 38.5 Å². The van der Waals surface area contributed by atoms with Gasteiger partial charge < -0.3 is 14.3 Å². The van der Waals surface area contributed by atoms with Gasteiger partial charge in [-0.25, -0.2) is 0 Å². The van der Waals surface area contributed by atoms with Crippen molar-refractivity contribution < 1.29 is 23.9 Å². The Bertz CT molecular complexity index is 654. The Morgan fingerprint density at radius 1 is 1.22 bits per heavy atom. The maximum atomic E-state index is 12.6.